The fraction of sp³-hybridized carbons (Fsp3) is 0.300. The zero-order chi connectivity index (χ0) is 26.8. The second-order valence-electron chi connectivity index (χ2n) is 10.4. The SMILES string of the molecule is N=NC1(Cc2ccc(C(=O)c3ccccc3)cc2)CCC2(CC1)C(=O)C(=NN)CC2(N=N)c1ccccc1. The summed E-state index contributed by atoms with van der Waals surface area (Å²) in [6.45, 7) is 0. The van der Waals surface area contributed by atoms with Crippen molar-refractivity contribution >= 4 is 17.3 Å². The lowest BCUT2D eigenvalue weighted by Crippen LogP contribution is -2.50. The third kappa shape index (κ3) is 3.97. The Kier molecular flexibility index (Phi) is 6.57. The van der Waals surface area contributed by atoms with Gasteiger partial charge in [-0.2, -0.15) is 15.3 Å². The Morgan fingerprint density at radius 2 is 1.37 bits per heavy atom. The molecule has 2 aliphatic rings. The van der Waals surface area contributed by atoms with Gasteiger partial charge in [0.05, 0.1) is 11.0 Å². The largest absolute Gasteiger partial charge is 0.323 e. The lowest BCUT2D eigenvalue weighted by atomic mass is 9.57. The van der Waals surface area contributed by atoms with E-state index in [1.165, 1.54) is 0 Å². The topological polar surface area (TPSA) is 145 Å². The van der Waals surface area contributed by atoms with E-state index in [0.717, 1.165) is 11.1 Å². The number of hydrazone groups is 1. The van der Waals surface area contributed by atoms with Crippen molar-refractivity contribution in [2.75, 3.05) is 0 Å². The van der Waals surface area contributed by atoms with E-state index in [1.807, 2.05) is 72.8 Å². The number of nitrogens with two attached hydrogens (primary N) is 1. The predicted octanol–water partition coefficient (Wildman–Crippen LogP) is 6.00. The van der Waals surface area contributed by atoms with E-state index in [4.69, 9.17) is 16.9 Å². The Balaban J connectivity index is 1.40. The van der Waals surface area contributed by atoms with E-state index in [-0.39, 0.29) is 23.7 Å². The highest BCUT2D eigenvalue weighted by molar-refractivity contribution is 6.44. The van der Waals surface area contributed by atoms with Gasteiger partial charge in [-0.05, 0) is 43.2 Å². The molecule has 1 spiro atoms. The second kappa shape index (κ2) is 9.85. The maximum absolute atomic E-state index is 13.7. The maximum atomic E-state index is 13.7. The predicted molar refractivity (Wildman–Crippen MR) is 143 cm³/mol. The Labute approximate surface area is 221 Å². The number of carbonyl (C=O) groups excluding carboxylic acids is 2. The van der Waals surface area contributed by atoms with Gasteiger partial charge >= 0.3 is 0 Å². The van der Waals surface area contributed by atoms with Crippen molar-refractivity contribution in [1.82, 2.24) is 0 Å². The number of benzene rings is 3. The molecule has 0 heterocycles. The molecule has 0 aliphatic heterocycles. The highest BCUT2D eigenvalue weighted by Gasteiger charge is 2.66. The molecule has 0 bridgehead atoms. The molecule has 3 aromatic rings. The van der Waals surface area contributed by atoms with Crippen LogP contribution in [0.2, 0.25) is 0 Å². The number of nitrogens with one attached hydrogen (secondary N) is 2. The summed E-state index contributed by atoms with van der Waals surface area (Å²) in [6, 6.07) is 26.1. The molecule has 4 N–H and O–H groups in total. The van der Waals surface area contributed by atoms with Crippen molar-refractivity contribution in [1.29, 1.82) is 11.1 Å². The molecule has 0 radical (unpaired) electrons. The van der Waals surface area contributed by atoms with Crippen molar-refractivity contribution in [3.8, 4) is 0 Å². The van der Waals surface area contributed by atoms with Crippen molar-refractivity contribution in [3.05, 3.63) is 107 Å². The number of ketones is 2. The molecule has 8 heteroatoms. The van der Waals surface area contributed by atoms with Gasteiger partial charge in [0, 0.05) is 17.5 Å². The number of hydrogen-bond acceptors (Lipinski definition) is 8. The lowest BCUT2D eigenvalue weighted by molar-refractivity contribution is -0.127. The van der Waals surface area contributed by atoms with Gasteiger partial charge in [-0.1, -0.05) is 84.9 Å². The van der Waals surface area contributed by atoms with Crippen LogP contribution in [-0.4, -0.2) is 22.8 Å². The molecule has 2 fully saturated rings. The van der Waals surface area contributed by atoms with E-state index >= 15 is 0 Å². The van der Waals surface area contributed by atoms with Gasteiger partial charge in [-0.25, -0.2) is 11.1 Å². The van der Waals surface area contributed by atoms with Gasteiger partial charge in [0.15, 0.2) is 11.6 Å². The number of nitrogens with zero attached hydrogens (tertiary/aromatic N) is 3. The first-order chi connectivity index (χ1) is 18.4. The fourth-order valence-corrected chi connectivity index (χ4v) is 6.38. The molecule has 3 aromatic carbocycles. The van der Waals surface area contributed by atoms with Crippen LogP contribution in [-0.2, 0) is 16.8 Å². The third-order valence-electron chi connectivity index (χ3n) is 8.57. The van der Waals surface area contributed by atoms with Crippen LogP contribution >= 0.6 is 0 Å². The molecule has 38 heavy (non-hydrogen) atoms. The molecule has 5 rings (SSSR count). The zero-order valence-electron chi connectivity index (χ0n) is 21.1. The van der Waals surface area contributed by atoms with E-state index in [1.54, 1.807) is 12.1 Å². The van der Waals surface area contributed by atoms with Crippen LogP contribution in [0, 0.1) is 16.5 Å². The molecule has 1 unspecified atom stereocenters. The smallest absolute Gasteiger partial charge is 0.193 e. The molecule has 2 saturated carbocycles. The molecule has 2 aliphatic carbocycles. The molecule has 8 nitrogen and oxygen atoms in total. The van der Waals surface area contributed by atoms with Crippen molar-refractivity contribution < 1.29 is 9.59 Å². The normalized spacial score (nSPS) is 27.9. The Hall–Kier alpha value is -4.33. The van der Waals surface area contributed by atoms with Crippen LogP contribution in [0.1, 0.15) is 59.2 Å². The van der Waals surface area contributed by atoms with Gasteiger partial charge < -0.3 is 5.84 Å². The molecule has 1 atom stereocenters. The van der Waals surface area contributed by atoms with E-state index in [2.05, 4.69) is 15.3 Å². The summed E-state index contributed by atoms with van der Waals surface area (Å²) in [5, 5.41) is 12.0. The minimum Gasteiger partial charge on any atom is -0.323 e. The summed E-state index contributed by atoms with van der Waals surface area (Å²) in [5.74, 6) is 5.42. The van der Waals surface area contributed by atoms with Crippen molar-refractivity contribution in [3.63, 3.8) is 0 Å². The van der Waals surface area contributed by atoms with E-state index in [9.17, 15) is 9.59 Å². The van der Waals surface area contributed by atoms with Gasteiger partial charge in [0.25, 0.3) is 0 Å². The first-order valence-electron chi connectivity index (χ1n) is 12.8. The van der Waals surface area contributed by atoms with Crippen LogP contribution in [0.4, 0.5) is 0 Å². The first-order valence-corrected chi connectivity index (χ1v) is 12.8. The molecule has 192 valence electrons. The fourth-order valence-electron chi connectivity index (χ4n) is 6.38. The summed E-state index contributed by atoms with van der Waals surface area (Å²) in [7, 11) is 0. The van der Waals surface area contributed by atoms with Crippen LogP contribution in [0.3, 0.4) is 0 Å². The van der Waals surface area contributed by atoms with E-state index < -0.39 is 16.5 Å². The summed E-state index contributed by atoms with van der Waals surface area (Å²) < 4.78 is 0. The standard InChI is InChI=1S/C30H30N6O2/c31-34-25-20-30(36-33,24-9-5-2-6-10-24)29(27(25)38)17-15-28(35-32,16-18-29)19-21-11-13-23(14-12-21)26(37)22-7-3-1-4-8-22/h1-14,32-33H,15-20,31H2. The maximum Gasteiger partial charge on any atom is 0.193 e. The summed E-state index contributed by atoms with van der Waals surface area (Å²) in [6.07, 6.45) is 2.56. The summed E-state index contributed by atoms with van der Waals surface area (Å²) >= 11 is 0. The van der Waals surface area contributed by atoms with Gasteiger partial charge in [-0.15, -0.1) is 0 Å². The van der Waals surface area contributed by atoms with Crippen molar-refractivity contribution in [2.24, 2.45) is 26.6 Å². The molecular weight excluding hydrogens is 476 g/mol. The Morgan fingerprint density at radius 1 is 0.789 bits per heavy atom. The van der Waals surface area contributed by atoms with Crippen LogP contribution in [0.25, 0.3) is 0 Å². The van der Waals surface area contributed by atoms with E-state index in [0.29, 0.717) is 43.2 Å². The number of hydrogen-bond donors (Lipinski definition) is 3. The number of Topliss-reactive ketones (excluding diaryl/α,β-unsaturated/α-hetero) is 1. The molecular formula is C30H30N6O2. The third-order valence-corrected chi connectivity index (χ3v) is 8.57. The number of rotatable bonds is 7. The van der Waals surface area contributed by atoms with Crippen LogP contribution in [0.15, 0.2) is 100 Å². The van der Waals surface area contributed by atoms with Gasteiger partial charge in [0.2, 0.25) is 0 Å². The summed E-state index contributed by atoms with van der Waals surface area (Å²) in [4.78, 5) is 26.4. The molecule has 0 aromatic heterocycles. The van der Waals surface area contributed by atoms with Crippen LogP contribution in [0.5, 0.6) is 0 Å². The Morgan fingerprint density at radius 3 is 1.92 bits per heavy atom. The van der Waals surface area contributed by atoms with Crippen LogP contribution < -0.4 is 5.84 Å². The minimum absolute atomic E-state index is 0.0369. The highest BCUT2D eigenvalue weighted by atomic mass is 16.1. The zero-order valence-corrected chi connectivity index (χ0v) is 21.1. The van der Waals surface area contributed by atoms with Gasteiger partial charge in [0.1, 0.15) is 11.3 Å². The quantitative estimate of drug-likeness (QED) is 0.156. The highest BCUT2D eigenvalue weighted by Crippen LogP contribution is 2.61. The number of carbonyl (C=O) groups is 2. The average molecular weight is 507 g/mol. The first kappa shape index (κ1) is 25.3. The lowest BCUT2D eigenvalue weighted by Gasteiger charge is -2.47. The monoisotopic (exact) mass is 506 g/mol. The van der Waals surface area contributed by atoms with Gasteiger partial charge in [-0.3, -0.25) is 9.59 Å². The van der Waals surface area contributed by atoms with Crippen molar-refractivity contribution in [2.45, 2.75) is 49.6 Å². The second-order valence-corrected chi connectivity index (χ2v) is 10.4. The Bertz CT molecular complexity index is 1390. The summed E-state index contributed by atoms with van der Waals surface area (Å²) in [5.41, 5.74) is 16.9. The molecule has 0 saturated heterocycles. The average Bonchev–Trinajstić information content (AvgIpc) is 3.23. The minimum atomic E-state index is -1.07. The molecule has 0 amide bonds.